The van der Waals surface area contributed by atoms with Gasteiger partial charge < -0.3 is 5.11 Å². The van der Waals surface area contributed by atoms with Gasteiger partial charge in [-0.15, -0.1) is 11.3 Å². The molecule has 2 N–H and O–H groups in total. The zero-order valence-corrected chi connectivity index (χ0v) is 12.1. The van der Waals surface area contributed by atoms with Crippen molar-refractivity contribution in [1.29, 1.82) is 0 Å². The molecule has 3 aromatic rings. The maximum Gasteiger partial charge on any atom is 0.343 e. The highest BCUT2D eigenvalue weighted by atomic mass is 32.1. The molecule has 3 rings (SSSR count). The molecule has 108 valence electrons. The van der Waals surface area contributed by atoms with E-state index in [-0.39, 0.29) is 12.3 Å². The Morgan fingerprint density at radius 3 is 2.67 bits per heavy atom. The molecule has 0 fully saturated rings. The summed E-state index contributed by atoms with van der Waals surface area (Å²) in [6.07, 6.45) is 2.19. The van der Waals surface area contributed by atoms with Crippen molar-refractivity contribution in [3.8, 4) is 10.4 Å². The van der Waals surface area contributed by atoms with E-state index in [4.69, 9.17) is 5.11 Å². The van der Waals surface area contributed by atoms with Crippen LogP contribution < -0.4 is 5.69 Å². The fraction of sp³-hybridized carbons (Fsp3) is 0.200. The van der Waals surface area contributed by atoms with Crippen LogP contribution in [0.25, 0.3) is 10.4 Å². The zero-order valence-electron chi connectivity index (χ0n) is 11.3. The molecule has 1 aromatic carbocycles. The number of hydrogen-bond acceptors (Lipinski definition) is 4. The third-order valence-corrected chi connectivity index (χ3v) is 4.36. The number of H-pyrrole nitrogens is 1. The van der Waals surface area contributed by atoms with Crippen molar-refractivity contribution < 1.29 is 5.11 Å². The summed E-state index contributed by atoms with van der Waals surface area (Å²) in [5, 5.41) is 15.0. The average molecular weight is 301 g/mol. The zero-order chi connectivity index (χ0) is 14.7. The Hall–Kier alpha value is -2.18. The second-order valence-corrected chi connectivity index (χ2v) is 5.89. The van der Waals surface area contributed by atoms with Crippen LogP contribution >= 0.6 is 11.3 Å². The van der Waals surface area contributed by atoms with Gasteiger partial charge in [-0.2, -0.15) is 5.10 Å². The largest absolute Gasteiger partial charge is 0.396 e. The minimum Gasteiger partial charge on any atom is -0.396 e. The van der Waals surface area contributed by atoms with Crippen molar-refractivity contribution >= 4 is 11.3 Å². The number of hydrogen-bond donors (Lipinski definition) is 2. The number of aliphatic hydroxyl groups is 1. The molecule has 0 aliphatic rings. The van der Waals surface area contributed by atoms with Gasteiger partial charge in [-0.05, 0) is 29.7 Å². The smallest absolute Gasteiger partial charge is 0.343 e. The maximum atomic E-state index is 11.4. The summed E-state index contributed by atoms with van der Waals surface area (Å²) in [4.78, 5) is 13.7. The van der Waals surface area contributed by atoms with E-state index in [0.29, 0.717) is 13.0 Å². The Morgan fingerprint density at radius 1 is 1.19 bits per heavy atom. The summed E-state index contributed by atoms with van der Waals surface area (Å²) in [5.41, 5.74) is 2.08. The van der Waals surface area contributed by atoms with Crippen LogP contribution in [0.2, 0.25) is 0 Å². The number of aliphatic hydroxyl groups excluding tert-OH is 1. The van der Waals surface area contributed by atoms with Gasteiger partial charge in [0.05, 0.1) is 6.54 Å². The number of rotatable bonds is 5. The van der Waals surface area contributed by atoms with Crippen molar-refractivity contribution in [2.24, 2.45) is 0 Å². The number of nitrogens with zero attached hydrogens (tertiary/aromatic N) is 2. The van der Waals surface area contributed by atoms with Crippen LogP contribution in [0.4, 0.5) is 0 Å². The molecule has 0 unspecified atom stereocenters. The second kappa shape index (κ2) is 6.07. The van der Waals surface area contributed by atoms with Gasteiger partial charge in [0.1, 0.15) is 6.33 Å². The van der Waals surface area contributed by atoms with E-state index in [2.05, 4.69) is 28.4 Å². The van der Waals surface area contributed by atoms with Crippen molar-refractivity contribution in [2.45, 2.75) is 13.0 Å². The SMILES string of the molecule is O=c1[nH]ncn1Cc1ccc(-c2ccc(CCO)cc2)s1. The third-order valence-electron chi connectivity index (χ3n) is 3.24. The molecule has 0 atom stereocenters. The van der Waals surface area contributed by atoms with E-state index in [1.807, 2.05) is 18.2 Å². The minimum absolute atomic E-state index is 0.169. The number of benzene rings is 1. The van der Waals surface area contributed by atoms with Gasteiger partial charge in [-0.25, -0.2) is 9.89 Å². The van der Waals surface area contributed by atoms with Crippen molar-refractivity contribution in [1.82, 2.24) is 14.8 Å². The molecule has 0 aliphatic carbocycles. The minimum atomic E-state index is -0.196. The number of thiophene rings is 1. The van der Waals surface area contributed by atoms with Gasteiger partial charge in [-0.3, -0.25) is 4.57 Å². The summed E-state index contributed by atoms with van der Waals surface area (Å²) < 4.78 is 1.54. The predicted octanol–water partition coefficient (Wildman–Crippen LogP) is 1.88. The van der Waals surface area contributed by atoms with Crippen LogP contribution in [0.5, 0.6) is 0 Å². The molecule has 0 radical (unpaired) electrons. The van der Waals surface area contributed by atoms with Crippen molar-refractivity contribution in [3.05, 3.63) is 63.7 Å². The third kappa shape index (κ3) is 3.12. The molecular weight excluding hydrogens is 286 g/mol. The molecule has 21 heavy (non-hydrogen) atoms. The number of aromatic nitrogens is 3. The molecule has 2 heterocycles. The summed E-state index contributed by atoms with van der Waals surface area (Å²) in [6, 6.07) is 12.3. The van der Waals surface area contributed by atoms with Gasteiger partial charge in [0.15, 0.2) is 0 Å². The molecule has 6 heteroatoms. The molecule has 5 nitrogen and oxygen atoms in total. The van der Waals surface area contributed by atoms with E-state index >= 15 is 0 Å². The number of aromatic amines is 1. The fourth-order valence-corrected chi connectivity index (χ4v) is 3.15. The lowest BCUT2D eigenvalue weighted by Gasteiger charge is -2.01. The summed E-state index contributed by atoms with van der Waals surface area (Å²) in [6.45, 7) is 0.699. The van der Waals surface area contributed by atoms with E-state index in [0.717, 1.165) is 20.9 Å². The van der Waals surface area contributed by atoms with Gasteiger partial charge in [0, 0.05) is 16.4 Å². The predicted molar refractivity (Wildman–Crippen MR) is 82.5 cm³/mol. The molecular formula is C15H15N3O2S. The summed E-state index contributed by atoms with van der Waals surface area (Å²) in [5.74, 6) is 0. The van der Waals surface area contributed by atoms with Gasteiger partial charge in [0.25, 0.3) is 0 Å². The number of nitrogens with one attached hydrogen (secondary N) is 1. The lowest BCUT2D eigenvalue weighted by atomic mass is 10.1. The topological polar surface area (TPSA) is 70.9 Å². The van der Waals surface area contributed by atoms with Crippen LogP contribution in [0.1, 0.15) is 10.4 Å². The lowest BCUT2D eigenvalue weighted by Crippen LogP contribution is -2.16. The Balaban J connectivity index is 1.78. The normalized spacial score (nSPS) is 10.9. The van der Waals surface area contributed by atoms with Gasteiger partial charge >= 0.3 is 5.69 Å². The molecule has 0 spiro atoms. The standard InChI is InChI=1S/C15H15N3O2S/c19-8-7-11-1-3-12(4-2-11)14-6-5-13(21-14)9-18-10-16-17-15(18)20/h1-6,10,19H,7-9H2,(H,17,20). The van der Waals surface area contributed by atoms with Gasteiger partial charge in [0.2, 0.25) is 0 Å². The first-order valence-corrected chi connectivity index (χ1v) is 7.46. The van der Waals surface area contributed by atoms with Gasteiger partial charge in [-0.1, -0.05) is 24.3 Å². The summed E-state index contributed by atoms with van der Waals surface area (Å²) >= 11 is 1.66. The monoisotopic (exact) mass is 301 g/mol. The average Bonchev–Trinajstić information content (AvgIpc) is 3.11. The Labute approximate surface area is 125 Å². The lowest BCUT2D eigenvalue weighted by molar-refractivity contribution is 0.299. The first kappa shape index (κ1) is 13.8. The van der Waals surface area contributed by atoms with Crippen molar-refractivity contribution in [2.75, 3.05) is 6.61 Å². The van der Waals surface area contributed by atoms with Crippen LogP contribution in [0.15, 0.2) is 47.5 Å². The molecule has 2 aromatic heterocycles. The van der Waals surface area contributed by atoms with E-state index in [1.54, 1.807) is 15.9 Å². The molecule has 0 amide bonds. The van der Waals surface area contributed by atoms with Crippen LogP contribution in [0, 0.1) is 0 Å². The maximum absolute atomic E-state index is 11.4. The molecule has 0 bridgehead atoms. The van der Waals surface area contributed by atoms with Crippen molar-refractivity contribution in [3.63, 3.8) is 0 Å². The molecule has 0 aliphatic heterocycles. The Kier molecular flexibility index (Phi) is 3.98. The van der Waals surface area contributed by atoms with E-state index in [9.17, 15) is 4.79 Å². The quantitative estimate of drug-likeness (QED) is 0.756. The first-order chi connectivity index (χ1) is 10.3. The molecule has 0 saturated carbocycles. The Bertz CT molecular complexity index is 771. The fourth-order valence-electron chi connectivity index (χ4n) is 2.13. The molecule has 0 saturated heterocycles. The van der Waals surface area contributed by atoms with Crippen LogP contribution in [-0.4, -0.2) is 26.5 Å². The van der Waals surface area contributed by atoms with E-state index in [1.165, 1.54) is 6.33 Å². The van der Waals surface area contributed by atoms with E-state index < -0.39 is 0 Å². The first-order valence-electron chi connectivity index (χ1n) is 6.65. The second-order valence-electron chi connectivity index (χ2n) is 4.73. The highest BCUT2D eigenvalue weighted by Gasteiger charge is 2.05. The Morgan fingerprint density at radius 2 is 2.00 bits per heavy atom. The van der Waals surface area contributed by atoms with Crippen LogP contribution in [-0.2, 0) is 13.0 Å². The highest BCUT2D eigenvalue weighted by molar-refractivity contribution is 7.15. The summed E-state index contributed by atoms with van der Waals surface area (Å²) in [7, 11) is 0. The van der Waals surface area contributed by atoms with Crippen LogP contribution in [0.3, 0.4) is 0 Å². The highest BCUT2D eigenvalue weighted by Crippen LogP contribution is 2.28.